The third kappa shape index (κ3) is 4.50. The molecule has 1 aliphatic rings. The molecule has 4 rings (SSSR count). The molecule has 0 radical (unpaired) electrons. The van der Waals surface area contributed by atoms with Gasteiger partial charge in [0, 0.05) is 24.2 Å². The van der Waals surface area contributed by atoms with Crippen LogP contribution >= 0.6 is 0 Å². The molecular formula is C24H25N3O4. The molecule has 31 heavy (non-hydrogen) atoms. The molecular weight excluding hydrogens is 394 g/mol. The second kappa shape index (κ2) is 9.12. The van der Waals surface area contributed by atoms with Gasteiger partial charge in [-0.2, -0.15) is 0 Å². The standard InChI is InChI=1S/C24H25N3O4/c1-3-16(2)19-11-7-8-12-20(19)27-14-18(13-22(27)28)24(29)30-15-21-25-26-23(31-21)17-9-5-4-6-10-17/h4-12,16,18H,3,13-15H2,1-2H3/t16-,18+/m0/s1. The number of para-hydroxylation sites is 1. The minimum atomic E-state index is -0.519. The van der Waals surface area contributed by atoms with Crippen LogP contribution in [-0.4, -0.2) is 28.6 Å². The van der Waals surface area contributed by atoms with Gasteiger partial charge in [-0.25, -0.2) is 0 Å². The van der Waals surface area contributed by atoms with Crippen LogP contribution < -0.4 is 4.90 Å². The second-order valence-corrected chi connectivity index (χ2v) is 7.75. The van der Waals surface area contributed by atoms with Crippen LogP contribution in [0.1, 0.15) is 44.1 Å². The quantitative estimate of drug-likeness (QED) is 0.530. The van der Waals surface area contributed by atoms with E-state index in [-0.39, 0.29) is 24.8 Å². The van der Waals surface area contributed by atoms with E-state index < -0.39 is 11.9 Å². The van der Waals surface area contributed by atoms with E-state index in [0.29, 0.717) is 18.4 Å². The lowest BCUT2D eigenvalue weighted by Crippen LogP contribution is -2.27. The van der Waals surface area contributed by atoms with E-state index in [1.165, 1.54) is 0 Å². The Morgan fingerprint density at radius 1 is 1.16 bits per heavy atom. The molecule has 0 saturated carbocycles. The van der Waals surface area contributed by atoms with Gasteiger partial charge in [-0.15, -0.1) is 10.2 Å². The van der Waals surface area contributed by atoms with Crippen LogP contribution in [-0.2, 0) is 20.9 Å². The number of nitrogens with zero attached hydrogens (tertiary/aromatic N) is 3. The molecule has 1 saturated heterocycles. The van der Waals surface area contributed by atoms with Crippen molar-refractivity contribution in [3.8, 4) is 11.5 Å². The van der Waals surface area contributed by atoms with Gasteiger partial charge in [-0.3, -0.25) is 9.59 Å². The Morgan fingerprint density at radius 2 is 1.90 bits per heavy atom. The lowest BCUT2D eigenvalue weighted by molar-refractivity contribution is -0.150. The van der Waals surface area contributed by atoms with E-state index in [4.69, 9.17) is 9.15 Å². The van der Waals surface area contributed by atoms with E-state index in [0.717, 1.165) is 23.2 Å². The van der Waals surface area contributed by atoms with Gasteiger partial charge in [0.15, 0.2) is 6.61 Å². The summed E-state index contributed by atoms with van der Waals surface area (Å²) >= 11 is 0. The summed E-state index contributed by atoms with van der Waals surface area (Å²) in [6.45, 7) is 4.45. The number of hydrogen-bond acceptors (Lipinski definition) is 6. The number of hydrogen-bond donors (Lipinski definition) is 0. The van der Waals surface area contributed by atoms with Crippen LogP contribution in [0, 0.1) is 5.92 Å². The van der Waals surface area contributed by atoms with Crippen molar-refractivity contribution in [1.82, 2.24) is 10.2 Å². The molecule has 7 heteroatoms. The molecule has 2 aromatic carbocycles. The lowest BCUT2D eigenvalue weighted by atomic mass is 9.96. The minimum Gasteiger partial charge on any atom is -0.455 e. The summed E-state index contributed by atoms with van der Waals surface area (Å²) in [7, 11) is 0. The van der Waals surface area contributed by atoms with Crippen LogP contribution in [0.2, 0.25) is 0 Å². The smallest absolute Gasteiger partial charge is 0.311 e. The molecule has 7 nitrogen and oxygen atoms in total. The summed E-state index contributed by atoms with van der Waals surface area (Å²) in [6.07, 6.45) is 1.10. The highest BCUT2D eigenvalue weighted by molar-refractivity contribution is 6.00. The molecule has 2 heterocycles. The molecule has 3 aromatic rings. The molecule has 0 aliphatic carbocycles. The number of amides is 1. The normalized spacial score (nSPS) is 17.0. The van der Waals surface area contributed by atoms with Gasteiger partial charge in [0.2, 0.25) is 11.8 Å². The second-order valence-electron chi connectivity index (χ2n) is 7.75. The first-order valence-corrected chi connectivity index (χ1v) is 10.5. The Hall–Kier alpha value is -3.48. The highest BCUT2D eigenvalue weighted by Gasteiger charge is 2.37. The zero-order valence-corrected chi connectivity index (χ0v) is 17.7. The predicted octanol–water partition coefficient (Wildman–Crippen LogP) is 4.35. The van der Waals surface area contributed by atoms with Gasteiger partial charge in [-0.1, -0.05) is 50.2 Å². The number of ether oxygens (including phenoxy) is 1. The summed E-state index contributed by atoms with van der Waals surface area (Å²) in [5, 5.41) is 7.93. The largest absolute Gasteiger partial charge is 0.455 e. The van der Waals surface area contributed by atoms with Crippen molar-refractivity contribution in [2.24, 2.45) is 5.92 Å². The Morgan fingerprint density at radius 3 is 2.68 bits per heavy atom. The first-order chi connectivity index (χ1) is 15.1. The van der Waals surface area contributed by atoms with Crippen LogP contribution in [0.4, 0.5) is 5.69 Å². The van der Waals surface area contributed by atoms with Gasteiger partial charge in [0.05, 0.1) is 5.92 Å². The molecule has 0 bridgehead atoms. The fraction of sp³-hybridized carbons (Fsp3) is 0.333. The van der Waals surface area contributed by atoms with Crippen molar-refractivity contribution in [2.45, 2.75) is 39.2 Å². The molecule has 1 amide bonds. The van der Waals surface area contributed by atoms with Crippen molar-refractivity contribution in [3.63, 3.8) is 0 Å². The van der Waals surface area contributed by atoms with Crippen LogP contribution in [0.3, 0.4) is 0 Å². The predicted molar refractivity (Wildman–Crippen MR) is 115 cm³/mol. The van der Waals surface area contributed by atoms with Crippen LogP contribution in [0.15, 0.2) is 59.0 Å². The van der Waals surface area contributed by atoms with Crippen molar-refractivity contribution >= 4 is 17.6 Å². The van der Waals surface area contributed by atoms with Gasteiger partial charge >= 0.3 is 5.97 Å². The third-order valence-electron chi connectivity index (χ3n) is 5.65. The Bertz CT molecular complexity index is 1060. The third-order valence-corrected chi connectivity index (χ3v) is 5.65. The minimum absolute atomic E-state index is 0.0677. The zero-order valence-electron chi connectivity index (χ0n) is 17.7. The molecule has 0 spiro atoms. The van der Waals surface area contributed by atoms with E-state index in [1.54, 1.807) is 4.90 Å². The molecule has 0 N–H and O–H groups in total. The highest BCUT2D eigenvalue weighted by atomic mass is 16.5. The number of aromatic nitrogens is 2. The topological polar surface area (TPSA) is 85.5 Å². The van der Waals surface area contributed by atoms with Crippen molar-refractivity contribution < 1.29 is 18.7 Å². The summed E-state index contributed by atoms with van der Waals surface area (Å²) in [5.74, 6) is -0.107. The lowest BCUT2D eigenvalue weighted by Gasteiger charge is -2.23. The van der Waals surface area contributed by atoms with E-state index in [2.05, 4.69) is 24.0 Å². The summed E-state index contributed by atoms with van der Waals surface area (Å²) < 4.78 is 11.0. The molecule has 1 fully saturated rings. The zero-order chi connectivity index (χ0) is 21.8. The van der Waals surface area contributed by atoms with Gasteiger partial charge < -0.3 is 14.1 Å². The van der Waals surface area contributed by atoms with Gasteiger partial charge in [0.25, 0.3) is 5.89 Å². The Labute approximate surface area is 181 Å². The van der Waals surface area contributed by atoms with Gasteiger partial charge in [-0.05, 0) is 36.1 Å². The number of rotatable bonds is 7. The fourth-order valence-corrected chi connectivity index (χ4v) is 3.73. The number of benzene rings is 2. The summed E-state index contributed by atoms with van der Waals surface area (Å²) in [6, 6.07) is 17.3. The highest BCUT2D eigenvalue weighted by Crippen LogP contribution is 2.33. The Kier molecular flexibility index (Phi) is 6.11. The van der Waals surface area contributed by atoms with Crippen molar-refractivity contribution in [2.75, 3.05) is 11.4 Å². The molecule has 1 aromatic heterocycles. The number of esters is 1. The average Bonchev–Trinajstić information content (AvgIpc) is 3.44. The maximum absolute atomic E-state index is 12.7. The summed E-state index contributed by atoms with van der Waals surface area (Å²) in [4.78, 5) is 27.0. The molecule has 1 aliphatic heterocycles. The number of anilines is 1. The van der Waals surface area contributed by atoms with Crippen LogP contribution in [0.5, 0.6) is 0 Å². The number of carbonyl (C=O) groups excluding carboxylic acids is 2. The van der Waals surface area contributed by atoms with Crippen molar-refractivity contribution in [3.05, 3.63) is 66.1 Å². The average molecular weight is 419 g/mol. The van der Waals surface area contributed by atoms with Crippen LogP contribution in [0.25, 0.3) is 11.5 Å². The number of carbonyl (C=O) groups is 2. The van der Waals surface area contributed by atoms with E-state index in [9.17, 15) is 9.59 Å². The fourth-order valence-electron chi connectivity index (χ4n) is 3.73. The Balaban J connectivity index is 1.39. The van der Waals surface area contributed by atoms with E-state index in [1.807, 2.05) is 54.6 Å². The SMILES string of the molecule is CC[C@H](C)c1ccccc1N1C[C@H](C(=O)OCc2nnc(-c3ccccc3)o2)CC1=O. The molecule has 2 atom stereocenters. The maximum Gasteiger partial charge on any atom is 0.311 e. The molecule has 160 valence electrons. The maximum atomic E-state index is 12.7. The summed E-state index contributed by atoms with van der Waals surface area (Å²) in [5.41, 5.74) is 2.79. The molecule has 0 unspecified atom stereocenters. The first kappa shape index (κ1) is 20.8. The first-order valence-electron chi connectivity index (χ1n) is 10.5. The van der Waals surface area contributed by atoms with E-state index >= 15 is 0 Å². The monoisotopic (exact) mass is 419 g/mol. The van der Waals surface area contributed by atoms with Gasteiger partial charge in [0.1, 0.15) is 0 Å². The van der Waals surface area contributed by atoms with Crippen molar-refractivity contribution in [1.29, 1.82) is 0 Å².